The third-order valence-electron chi connectivity index (χ3n) is 5.04. The number of likely N-dealkylation sites (tertiary alicyclic amines) is 1. The molecule has 8 heteroatoms. The molecule has 29 heavy (non-hydrogen) atoms. The molecule has 1 aromatic carbocycles. The topological polar surface area (TPSA) is 84.2 Å². The molecule has 2 aromatic heterocycles. The Morgan fingerprint density at radius 1 is 1.31 bits per heavy atom. The van der Waals surface area contributed by atoms with Crippen molar-refractivity contribution in [3.05, 3.63) is 59.6 Å². The maximum atomic E-state index is 13.9. The van der Waals surface area contributed by atoms with Crippen LogP contribution in [0.25, 0.3) is 11.3 Å². The van der Waals surface area contributed by atoms with Gasteiger partial charge in [0.05, 0.1) is 22.6 Å². The molecule has 1 saturated heterocycles. The summed E-state index contributed by atoms with van der Waals surface area (Å²) in [7, 11) is 0. The van der Waals surface area contributed by atoms with Crippen molar-refractivity contribution < 1.29 is 13.7 Å². The Morgan fingerprint density at radius 3 is 2.90 bits per heavy atom. The van der Waals surface area contributed by atoms with Gasteiger partial charge in [0.15, 0.2) is 5.76 Å². The molecular formula is C21H22FN5O2. The molecule has 150 valence electrons. The fraction of sp³-hybridized carbons (Fsp3) is 0.333. The maximum absolute atomic E-state index is 13.9. The Kier molecular flexibility index (Phi) is 5.24. The van der Waals surface area contributed by atoms with E-state index in [0.717, 1.165) is 29.8 Å². The molecule has 2 amide bonds. The standard InChI is InChI=1S/C21H22FN5O2/c1-13-10-19(29-26-13)16-11-23-14(2)24-20(16)15-6-5-9-27(12-15)21(28)25-18-8-4-3-7-17(18)22/h3-4,7-8,10-11,15H,5-6,9,12H2,1-2H3,(H,25,28)/t15-/m1/s1. The summed E-state index contributed by atoms with van der Waals surface area (Å²) >= 11 is 0. The summed E-state index contributed by atoms with van der Waals surface area (Å²) in [6.45, 7) is 4.79. The molecule has 1 fully saturated rings. The second-order valence-electron chi connectivity index (χ2n) is 7.24. The van der Waals surface area contributed by atoms with Gasteiger partial charge in [-0.15, -0.1) is 0 Å². The fourth-order valence-electron chi connectivity index (χ4n) is 3.62. The first kappa shape index (κ1) is 19.0. The van der Waals surface area contributed by atoms with Gasteiger partial charge < -0.3 is 14.7 Å². The van der Waals surface area contributed by atoms with E-state index in [1.54, 1.807) is 29.3 Å². The van der Waals surface area contributed by atoms with Crippen LogP contribution in [0.1, 0.15) is 36.0 Å². The van der Waals surface area contributed by atoms with E-state index >= 15 is 0 Å². The first-order chi connectivity index (χ1) is 14.0. The van der Waals surface area contributed by atoms with E-state index in [0.29, 0.717) is 24.7 Å². The first-order valence-corrected chi connectivity index (χ1v) is 9.59. The minimum absolute atomic E-state index is 0.0252. The van der Waals surface area contributed by atoms with Crippen LogP contribution >= 0.6 is 0 Å². The Hall–Kier alpha value is -3.29. The van der Waals surface area contributed by atoms with Crippen LogP contribution in [-0.4, -0.2) is 39.1 Å². The Morgan fingerprint density at radius 2 is 2.14 bits per heavy atom. The highest BCUT2D eigenvalue weighted by Gasteiger charge is 2.29. The molecule has 0 saturated carbocycles. The van der Waals surface area contributed by atoms with Crippen LogP contribution in [0.15, 0.2) is 41.1 Å². The van der Waals surface area contributed by atoms with Crippen molar-refractivity contribution in [1.82, 2.24) is 20.0 Å². The van der Waals surface area contributed by atoms with E-state index in [-0.39, 0.29) is 17.6 Å². The highest BCUT2D eigenvalue weighted by molar-refractivity contribution is 5.89. The number of anilines is 1. The van der Waals surface area contributed by atoms with Gasteiger partial charge >= 0.3 is 6.03 Å². The lowest BCUT2D eigenvalue weighted by atomic mass is 9.91. The number of para-hydroxylation sites is 1. The molecule has 0 spiro atoms. The average molecular weight is 395 g/mol. The zero-order valence-electron chi connectivity index (χ0n) is 16.4. The van der Waals surface area contributed by atoms with Crippen molar-refractivity contribution in [3.8, 4) is 11.3 Å². The molecule has 1 N–H and O–H groups in total. The van der Waals surface area contributed by atoms with Gasteiger partial charge in [0, 0.05) is 31.3 Å². The number of aryl methyl sites for hydroxylation is 2. The molecule has 0 bridgehead atoms. The highest BCUT2D eigenvalue weighted by Crippen LogP contribution is 2.33. The zero-order valence-corrected chi connectivity index (χ0v) is 16.4. The number of nitrogens with one attached hydrogen (secondary N) is 1. The smallest absolute Gasteiger partial charge is 0.321 e. The van der Waals surface area contributed by atoms with E-state index in [2.05, 4.69) is 20.4 Å². The fourth-order valence-corrected chi connectivity index (χ4v) is 3.62. The summed E-state index contributed by atoms with van der Waals surface area (Å²) in [6.07, 6.45) is 3.46. The second kappa shape index (κ2) is 7.98. The number of carbonyl (C=O) groups is 1. The quantitative estimate of drug-likeness (QED) is 0.715. The predicted octanol–water partition coefficient (Wildman–Crippen LogP) is 4.30. The lowest BCUT2D eigenvalue weighted by Crippen LogP contribution is -2.42. The van der Waals surface area contributed by atoms with Crippen molar-refractivity contribution in [2.24, 2.45) is 0 Å². The number of nitrogens with zero attached hydrogens (tertiary/aromatic N) is 4. The largest absolute Gasteiger partial charge is 0.356 e. The first-order valence-electron chi connectivity index (χ1n) is 9.59. The number of piperidine rings is 1. The van der Waals surface area contributed by atoms with Gasteiger partial charge in [-0.2, -0.15) is 0 Å². The van der Waals surface area contributed by atoms with Gasteiger partial charge in [-0.1, -0.05) is 17.3 Å². The molecule has 3 aromatic rings. The van der Waals surface area contributed by atoms with Crippen molar-refractivity contribution in [3.63, 3.8) is 0 Å². The van der Waals surface area contributed by atoms with E-state index in [1.165, 1.54) is 6.07 Å². The van der Waals surface area contributed by atoms with Crippen molar-refractivity contribution in [1.29, 1.82) is 0 Å². The van der Waals surface area contributed by atoms with Crippen molar-refractivity contribution in [2.75, 3.05) is 18.4 Å². The lowest BCUT2D eigenvalue weighted by molar-refractivity contribution is 0.192. The van der Waals surface area contributed by atoms with E-state index in [1.807, 2.05) is 19.9 Å². The van der Waals surface area contributed by atoms with Crippen LogP contribution in [0.3, 0.4) is 0 Å². The molecule has 1 aliphatic rings. The Balaban J connectivity index is 1.56. The van der Waals surface area contributed by atoms with Crippen LogP contribution in [0.5, 0.6) is 0 Å². The molecule has 1 aliphatic heterocycles. The van der Waals surface area contributed by atoms with Crippen LogP contribution in [0, 0.1) is 19.7 Å². The summed E-state index contributed by atoms with van der Waals surface area (Å²) < 4.78 is 19.3. The zero-order chi connectivity index (χ0) is 20.4. The lowest BCUT2D eigenvalue weighted by Gasteiger charge is -2.33. The summed E-state index contributed by atoms with van der Waals surface area (Å²) in [5, 5.41) is 6.62. The number of amides is 2. The van der Waals surface area contributed by atoms with E-state index in [9.17, 15) is 9.18 Å². The Labute approximate surface area is 168 Å². The van der Waals surface area contributed by atoms with Gasteiger partial charge in [-0.05, 0) is 38.8 Å². The average Bonchev–Trinajstić information content (AvgIpc) is 3.16. The second-order valence-corrected chi connectivity index (χ2v) is 7.24. The SMILES string of the molecule is Cc1cc(-c2cnc(C)nc2[C@@H]2CCCN(C(=O)Nc3ccccc3F)C2)on1. The number of aromatic nitrogens is 3. The Bertz CT molecular complexity index is 1040. The van der Waals surface area contributed by atoms with Gasteiger partial charge in [0.25, 0.3) is 0 Å². The van der Waals surface area contributed by atoms with Crippen LogP contribution < -0.4 is 5.32 Å². The third-order valence-corrected chi connectivity index (χ3v) is 5.04. The van der Waals surface area contributed by atoms with Crippen molar-refractivity contribution in [2.45, 2.75) is 32.6 Å². The molecule has 0 radical (unpaired) electrons. The molecule has 3 heterocycles. The molecule has 4 rings (SSSR count). The number of halogens is 1. The van der Waals surface area contributed by atoms with Crippen LogP contribution in [0.2, 0.25) is 0 Å². The number of hydrogen-bond acceptors (Lipinski definition) is 5. The molecule has 0 aliphatic carbocycles. The monoisotopic (exact) mass is 395 g/mol. The van der Waals surface area contributed by atoms with E-state index < -0.39 is 5.82 Å². The van der Waals surface area contributed by atoms with Crippen LogP contribution in [0.4, 0.5) is 14.9 Å². The summed E-state index contributed by atoms with van der Waals surface area (Å²) in [5.74, 6) is 0.847. The molecule has 7 nitrogen and oxygen atoms in total. The number of hydrogen-bond donors (Lipinski definition) is 1. The summed E-state index contributed by atoms with van der Waals surface area (Å²) in [5.41, 5.74) is 2.59. The summed E-state index contributed by atoms with van der Waals surface area (Å²) in [6, 6.07) is 7.68. The number of carbonyl (C=O) groups excluding carboxylic acids is 1. The number of urea groups is 1. The minimum Gasteiger partial charge on any atom is -0.356 e. The van der Waals surface area contributed by atoms with Gasteiger partial charge in [0.2, 0.25) is 0 Å². The van der Waals surface area contributed by atoms with E-state index in [4.69, 9.17) is 4.52 Å². The maximum Gasteiger partial charge on any atom is 0.321 e. The number of rotatable bonds is 3. The third kappa shape index (κ3) is 4.11. The van der Waals surface area contributed by atoms with Gasteiger partial charge in [0.1, 0.15) is 11.6 Å². The minimum atomic E-state index is -0.455. The van der Waals surface area contributed by atoms with Gasteiger partial charge in [-0.25, -0.2) is 19.2 Å². The molecule has 1 atom stereocenters. The summed E-state index contributed by atoms with van der Waals surface area (Å²) in [4.78, 5) is 23.4. The normalized spacial score (nSPS) is 16.7. The predicted molar refractivity (Wildman–Crippen MR) is 106 cm³/mol. The molecular weight excluding hydrogens is 373 g/mol. The highest BCUT2D eigenvalue weighted by atomic mass is 19.1. The van der Waals surface area contributed by atoms with Crippen LogP contribution in [-0.2, 0) is 0 Å². The van der Waals surface area contributed by atoms with Gasteiger partial charge in [-0.3, -0.25) is 0 Å². The number of benzene rings is 1. The molecule has 0 unspecified atom stereocenters. The van der Waals surface area contributed by atoms with Crippen molar-refractivity contribution >= 4 is 11.7 Å².